The quantitative estimate of drug-likeness (QED) is 0.252. The summed E-state index contributed by atoms with van der Waals surface area (Å²) < 4.78 is 11.1. The number of nitrogens with one attached hydrogen (secondary N) is 1. The molecule has 0 radical (unpaired) electrons. The zero-order valence-electron chi connectivity index (χ0n) is 20.0. The minimum Gasteiger partial charge on any atom is -0.489 e. The Morgan fingerprint density at radius 1 is 0.889 bits per heavy atom. The first-order valence-corrected chi connectivity index (χ1v) is 11.8. The van der Waals surface area contributed by atoms with E-state index in [-0.39, 0.29) is 5.97 Å². The van der Waals surface area contributed by atoms with Crippen molar-refractivity contribution in [2.45, 2.75) is 0 Å². The lowest BCUT2D eigenvalue weighted by Gasteiger charge is -2.14. The van der Waals surface area contributed by atoms with Crippen LogP contribution in [0, 0.1) is 0 Å². The van der Waals surface area contributed by atoms with Crippen LogP contribution in [0.5, 0.6) is 5.75 Å². The molecule has 5 aromatic rings. The van der Waals surface area contributed by atoms with E-state index in [1.165, 1.54) is 7.11 Å². The lowest BCUT2D eigenvalue weighted by atomic mass is 10.1. The van der Waals surface area contributed by atoms with Gasteiger partial charge in [-0.15, -0.1) is 0 Å². The third-order valence-corrected chi connectivity index (χ3v) is 5.98. The summed E-state index contributed by atoms with van der Waals surface area (Å²) in [6.07, 6.45) is 3.92. The standard InChI is InChI=1S/C31H26N2O3/c1-35-31(34)25-15-13-22(14-16-25)17-23(19-32-27-18-26-8-3-5-11-29(26)33-20-27)21-36-30-12-6-9-24-7-2-4-10-28(24)30/h2-18,20,32H,19,21H2,1H3/b23-17+. The highest BCUT2D eigenvalue weighted by atomic mass is 16.5. The number of esters is 1. The first-order valence-electron chi connectivity index (χ1n) is 11.8. The molecular formula is C31H26N2O3. The molecule has 1 aromatic heterocycles. The number of fused-ring (bicyclic) bond motifs is 2. The molecule has 5 rings (SSSR count). The lowest BCUT2D eigenvalue weighted by molar-refractivity contribution is 0.0600. The summed E-state index contributed by atoms with van der Waals surface area (Å²) in [5.41, 5.74) is 4.43. The van der Waals surface area contributed by atoms with Crippen LogP contribution in [0.25, 0.3) is 27.8 Å². The number of methoxy groups -OCH3 is 1. The van der Waals surface area contributed by atoms with Gasteiger partial charge in [0.05, 0.1) is 30.1 Å². The maximum absolute atomic E-state index is 11.8. The molecule has 0 spiro atoms. The van der Waals surface area contributed by atoms with Gasteiger partial charge in [-0.1, -0.05) is 72.8 Å². The molecule has 0 saturated heterocycles. The van der Waals surface area contributed by atoms with E-state index in [9.17, 15) is 4.79 Å². The van der Waals surface area contributed by atoms with Crippen molar-refractivity contribution >= 4 is 39.4 Å². The van der Waals surface area contributed by atoms with Gasteiger partial charge in [-0.3, -0.25) is 4.98 Å². The van der Waals surface area contributed by atoms with Crippen molar-refractivity contribution in [3.8, 4) is 5.75 Å². The number of para-hydroxylation sites is 1. The molecular weight excluding hydrogens is 448 g/mol. The van der Waals surface area contributed by atoms with Gasteiger partial charge in [0.25, 0.3) is 0 Å². The Labute approximate surface area is 210 Å². The van der Waals surface area contributed by atoms with Crippen LogP contribution in [0.4, 0.5) is 5.69 Å². The second-order valence-corrected chi connectivity index (χ2v) is 8.45. The number of rotatable bonds is 8. The zero-order valence-corrected chi connectivity index (χ0v) is 20.0. The average Bonchev–Trinajstić information content (AvgIpc) is 2.94. The van der Waals surface area contributed by atoms with Crippen LogP contribution >= 0.6 is 0 Å². The predicted molar refractivity (Wildman–Crippen MR) is 145 cm³/mol. The highest BCUT2D eigenvalue weighted by molar-refractivity contribution is 5.89. The van der Waals surface area contributed by atoms with Gasteiger partial charge >= 0.3 is 5.97 Å². The summed E-state index contributed by atoms with van der Waals surface area (Å²) in [7, 11) is 1.38. The molecule has 0 fully saturated rings. The number of benzene rings is 4. The fraction of sp³-hybridized carbons (Fsp3) is 0.0968. The average molecular weight is 475 g/mol. The number of ether oxygens (including phenoxy) is 2. The van der Waals surface area contributed by atoms with Gasteiger partial charge in [0.1, 0.15) is 12.4 Å². The molecule has 0 aliphatic carbocycles. The summed E-state index contributed by atoms with van der Waals surface area (Å²) >= 11 is 0. The fourth-order valence-electron chi connectivity index (χ4n) is 4.09. The number of anilines is 1. The van der Waals surface area contributed by atoms with Gasteiger partial charge in [-0.05, 0) is 46.9 Å². The van der Waals surface area contributed by atoms with Crippen molar-refractivity contribution in [1.82, 2.24) is 4.98 Å². The molecule has 0 unspecified atom stereocenters. The smallest absolute Gasteiger partial charge is 0.337 e. The van der Waals surface area contributed by atoms with E-state index in [2.05, 4.69) is 46.7 Å². The van der Waals surface area contributed by atoms with Gasteiger partial charge in [-0.25, -0.2) is 4.79 Å². The summed E-state index contributed by atoms with van der Waals surface area (Å²) in [6, 6.07) is 31.7. The number of nitrogens with zero attached hydrogens (tertiary/aromatic N) is 1. The summed E-state index contributed by atoms with van der Waals surface area (Å²) in [4.78, 5) is 16.3. The van der Waals surface area contributed by atoms with Crippen LogP contribution in [0.3, 0.4) is 0 Å². The van der Waals surface area contributed by atoms with Crippen LogP contribution in [0.2, 0.25) is 0 Å². The molecule has 0 aliphatic rings. The van der Waals surface area contributed by atoms with E-state index in [1.54, 1.807) is 12.1 Å². The molecule has 5 nitrogen and oxygen atoms in total. The molecule has 178 valence electrons. The van der Waals surface area contributed by atoms with E-state index in [0.29, 0.717) is 18.7 Å². The second-order valence-electron chi connectivity index (χ2n) is 8.45. The number of pyridine rings is 1. The van der Waals surface area contributed by atoms with Crippen LogP contribution < -0.4 is 10.1 Å². The largest absolute Gasteiger partial charge is 0.489 e. The molecule has 4 aromatic carbocycles. The monoisotopic (exact) mass is 474 g/mol. The SMILES string of the molecule is COC(=O)c1ccc(/C=C(\CNc2cnc3ccccc3c2)COc2cccc3ccccc23)cc1. The molecule has 0 bridgehead atoms. The van der Waals surface area contributed by atoms with Crippen molar-refractivity contribution in [3.05, 3.63) is 120 Å². The van der Waals surface area contributed by atoms with Crippen molar-refractivity contribution in [2.75, 3.05) is 25.6 Å². The summed E-state index contributed by atoms with van der Waals surface area (Å²) in [6.45, 7) is 0.976. The second kappa shape index (κ2) is 10.7. The topological polar surface area (TPSA) is 60.5 Å². The summed E-state index contributed by atoms with van der Waals surface area (Å²) in [5, 5.41) is 6.78. The molecule has 5 heteroatoms. The van der Waals surface area contributed by atoms with Crippen LogP contribution in [-0.2, 0) is 4.74 Å². The van der Waals surface area contributed by atoms with Crippen molar-refractivity contribution in [3.63, 3.8) is 0 Å². The van der Waals surface area contributed by atoms with E-state index >= 15 is 0 Å². The van der Waals surface area contributed by atoms with Gasteiger partial charge in [0, 0.05) is 17.3 Å². The Morgan fingerprint density at radius 2 is 1.64 bits per heavy atom. The van der Waals surface area contributed by atoms with Crippen molar-refractivity contribution in [2.24, 2.45) is 0 Å². The highest BCUT2D eigenvalue weighted by Crippen LogP contribution is 2.26. The van der Waals surface area contributed by atoms with Gasteiger partial charge in [0.2, 0.25) is 0 Å². The molecule has 0 amide bonds. The van der Waals surface area contributed by atoms with Gasteiger partial charge < -0.3 is 14.8 Å². The molecule has 1 heterocycles. The van der Waals surface area contributed by atoms with E-state index < -0.39 is 0 Å². The number of hydrogen-bond acceptors (Lipinski definition) is 5. The number of hydrogen-bond donors (Lipinski definition) is 1. The lowest BCUT2D eigenvalue weighted by Crippen LogP contribution is -2.12. The third kappa shape index (κ3) is 5.36. The first kappa shape index (κ1) is 23.1. The molecule has 1 N–H and O–H groups in total. The minimum absolute atomic E-state index is 0.351. The third-order valence-electron chi connectivity index (χ3n) is 5.98. The number of carbonyl (C=O) groups excluding carboxylic acids is 1. The van der Waals surface area contributed by atoms with Gasteiger partial charge in [-0.2, -0.15) is 0 Å². The molecule has 0 saturated carbocycles. The molecule has 36 heavy (non-hydrogen) atoms. The van der Waals surface area contributed by atoms with E-state index in [1.807, 2.05) is 60.8 Å². The Hall–Kier alpha value is -4.64. The first-order chi connectivity index (χ1) is 17.7. The Morgan fingerprint density at radius 3 is 2.47 bits per heavy atom. The van der Waals surface area contributed by atoms with Crippen molar-refractivity contribution in [1.29, 1.82) is 0 Å². The van der Waals surface area contributed by atoms with Crippen LogP contribution in [0.15, 0.2) is 109 Å². The minimum atomic E-state index is -0.351. The fourth-order valence-corrected chi connectivity index (χ4v) is 4.09. The number of carbonyl (C=O) groups is 1. The predicted octanol–water partition coefficient (Wildman–Crippen LogP) is 6.75. The molecule has 0 aliphatic heterocycles. The molecule has 0 atom stereocenters. The Bertz CT molecular complexity index is 1540. The van der Waals surface area contributed by atoms with Crippen molar-refractivity contribution < 1.29 is 14.3 Å². The maximum atomic E-state index is 11.8. The van der Waals surface area contributed by atoms with E-state index in [4.69, 9.17) is 9.47 Å². The Kier molecular flexibility index (Phi) is 6.90. The highest BCUT2D eigenvalue weighted by Gasteiger charge is 2.07. The van der Waals surface area contributed by atoms with E-state index in [0.717, 1.165) is 44.2 Å². The van der Waals surface area contributed by atoms with Crippen LogP contribution in [0.1, 0.15) is 15.9 Å². The number of aromatic nitrogens is 1. The Balaban J connectivity index is 1.38. The normalized spacial score (nSPS) is 11.4. The summed E-state index contributed by atoms with van der Waals surface area (Å²) in [5.74, 6) is 0.489. The zero-order chi connectivity index (χ0) is 24.7. The van der Waals surface area contributed by atoms with Crippen LogP contribution in [-0.4, -0.2) is 31.2 Å². The maximum Gasteiger partial charge on any atom is 0.337 e. The van der Waals surface area contributed by atoms with Gasteiger partial charge in [0.15, 0.2) is 0 Å².